The molecule has 0 saturated heterocycles. The van der Waals surface area contributed by atoms with E-state index >= 15 is 0 Å². The third-order valence-electron chi connectivity index (χ3n) is 5.05. The van der Waals surface area contributed by atoms with Crippen molar-refractivity contribution in [3.05, 3.63) is 92.3 Å². The monoisotopic (exact) mass is 614 g/mol. The van der Waals surface area contributed by atoms with Gasteiger partial charge >= 0.3 is 0 Å². The van der Waals surface area contributed by atoms with Gasteiger partial charge in [0.15, 0.2) is 6.61 Å². The van der Waals surface area contributed by atoms with Gasteiger partial charge in [-0.25, -0.2) is 18.2 Å². The number of alkyl halides is 2. The van der Waals surface area contributed by atoms with Crippen molar-refractivity contribution in [3.8, 4) is 5.88 Å². The van der Waals surface area contributed by atoms with Crippen molar-refractivity contribution in [2.75, 3.05) is 17.2 Å². The Kier molecular flexibility index (Phi) is 10.4. The number of anilines is 2. The number of hydrogen-bond donors (Lipinski definition) is 3. The number of rotatable bonds is 10. The Morgan fingerprint density at radius 3 is 2.38 bits per heavy atom. The molecule has 0 unspecified atom stereocenters. The summed E-state index contributed by atoms with van der Waals surface area (Å²) in [6.07, 6.45) is -1.80. The topological polar surface area (TPSA) is 109 Å². The smallest absolute Gasteiger partial charge is 0.272 e. The maximum Gasteiger partial charge on any atom is 0.272 e. The Hall–Kier alpha value is -3.80. The van der Waals surface area contributed by atoms with Crippen LogP contribution in [0.1, 0.15) is 33.2 Å². The van der Waals surface area contributed by atoms with Crippen molar-refractivity contribution in [1.29, 1.82) is 0 Å². The summed E-state index contributed by atoms with van der Waals surface area (Å²) in [4.78, 5) is 41.8. The molecular weight excluding hydrogens is 596 g/mol. The maximum absolute atomic E-state index is 13.7. The molecule has 0 radical (unpaired) electrons. The van der Waals surface area contributed by atoms with Gasteiger partial charge in [0.1, 0.15) is 11.4 Å². The van der Waals surface area contributed by atoms with Crippen LogP contribution in [0.4, 0.5) is 24.5 Å². The number of amides is 3. The second-order valence-corrected chi connectivity index (χ2v) is 9.43. The molecule has 0 saturated carbocycles. The Bertz CT molecular complexity index is 1470. The molecule has 0 bridgehead atoms. The highest BCUT2D eigenvalue weighted by Gasteiger charge is 2.22. The van der Waals surface area contributed by atoms with E-state index in [-0.39, 0.29) is 49.7 Å². The Morgan fingerprint density at radius 2 is 1.73 bits per heavy atom. The van der Waals surface area contributed by atoms with E-state index in [0.717, 1.165) is 24.4 Å². The number of ether oxygens (including phenoxy) is 1. The maximum atomic E-state index is 13.7. The number of carbonyl (C=O) groups is 3. The lowest BCUT2D eigenvalue weighted by Gasteiger charge is -2.15. The van der Waals surface area contributed by atoms with E-state index in [1.54, 1.807) is 0 Å². The first-order valence-corrected chi connectivity index (χ1v) is 12.4. The molecule has 0 aliphatic carbocycles. The Morgan fingerprint density at radius 1 is 1.02 bits per heavy atom. The van der Waals surface area contributed by atoms with E-state index in [1.807, 2.05) is 0 Å². The van der Waals surface area contributed by atoms with E-state index in [9.17, 15) is 27.6 Å². The van der Waals surface area contributed by atoms with Gasteiger partial charge in [-0.15, -0.1) is 0 Å². The number of hydrogen-bond acceptors (Lipinski definition) is 5. The van der Waals surface area contributed by atoms with Gasteiger partial charge in [-0.2, -0.15) is 0 Å². The number of nitrogens with zero attached hydrogens (tertiary/aromatic N) is 1. The minimum absolute atomic E-state index is 0.00112. The lowest BCUT2D eigenvalue weighted by atomic mass is 10.1. The fourth-order valence-electron chi connectivity index (χ4n) is 3.22. The zero-order valence-corrected chi connectivity index (χ0v) is 22.9. The van der Waals surface area contributed by atoms with Gasteiger partial charge in [-0.3, -0.25) is 14.4 Å². The van der Waals surface area contributed by atoms with Gasteiger partial charge in [0.25, 0.3) is 18.2 Å². The molecule has 0 fully saturated rings. The first-order valence-electron chi connectivity index (χ1n) is 11.3. The molecule has 0 aliphatic rings. The van der Waals surface area contributed by atoms with E-state index in [2.05, 4.69) is 27.5 Å². The van der Waals surface area contributed by atoms with Crippen LogP contribution >= 0.6 is 34.8 Å². The molecule has 8 nitrogen and oxygen atoms in total. The number of pyridine rings is 1. The third-order valence-corrected chi connectivity index (χ3v) is 6.01. The van der Waals surface area contributed by atoms with Crippen LogP contribution in [0.15, 0.2) is 54.7 Å². The van der Waals surface area contributed by atoms with Crippen LogP contribution in [0.3, 0.4) is 0 Å². The molecule has 0 atom stereocenters. The van der Waals surface area contributed by atoms with E-state index in [1.165, 1.54) is 25.1 Å². The van der Waals surface area contributed by atoms with Gasteiger partial charge in [0.05, 0.1) is 27.5 Å². The highest BCUT2D eigenvalue weighted by molar-refractivity contribution is 6.41. The lowest BCUT2D eigenvalue weighted by Crippen LogP contribution is -2.23. The van der Waals surface area contributed by atoms with Crippen molar-refractivity contribution >= 4 is 63.9 Å². The fraction of sp³-hybridized carbons (Fsp3) is 0.154. The normalized spacial score (nSPS) is 10.7. The summed E-state index contributed by atoms with van der Waals surface area (Å²) in [5.41, 5.74) is 0.0878. The first-order chi connectivity index (χ1) is 18.8. The standard InChI is InChI=1S/C26H20Cl3F3N4O4/c1-12(2)23(37)33-9-13-3-4-19(28)21(22(13)29)25(39)36-17-8-18(26(34-10-17)40-11-20(31)32)24(38)35-16-6-14(27)5-15(30)7-16/h3-8,10,20H,1,9,11H2,2H3,(H,33,37)(H,35,38)(H,36,39). The van der Waals surface area contributed by atoms with Crippen molar-refractivity contribution in [2.45, 2.75) is 19.9 Å². The van der Waals surface area contributed by atoms with E-state index < -0.39 is 42.5 Å². The van der Waals surface area contributed by atoms with Crippen molar-refractivity contribution in [1.82, 2.24) is 10.3 Å². The Labute approximate surface area is 241 Å². The lowest BCUT2D eigenvalue weighted by molar-refractivity contribution is -0.117. The van der Waals surface area contributed by atoms with Crippen LogP contribution in [0, 0.1) is 5.82 Å². The number of nitrogens with one attached hydrogen (secondary N) is 3. The summed E-state index contributed by atoms with van der Waals surface area (Å²) in [5.74, 6) is -3.32. The van der Waals surface area contributed by atoms with Crippen LogP contribution in [-0.4, -0.2) is 35.7 Å². The number of aromatic nitrogens is 1. The molecule has 3 amide bonds. The predicted molar refractivity (Wildman–Crippen MR) is 146 cm³/mol. The minimum Gasteiger partial charge on any atom is -0.471 e. The highest BCUT2D eigenvalue weighted by Crippen LogP contribution is 2.30. The molecule has 1 heterocycles. The molecule has 0 spiro atoms. The molecule has 3 N–H and O–H groups in total. The minimum atomic E-state index is -2.86. The molecule has 40 heavy (non-hydrogen) atoms. The largest absolute Gasteiger partial charge is 0.471 e. The van der Waals surface area contributed by atoms with E-state index in [0.29, 0.717) is 5.56 Å². The molecular formula is C26H20Cl3F3N4O4. The van der Waals surface area contributed by atoms with Gasteiger partial charge in [0, 0.05) is 22.8 Å². The van der Waals surface area contributed by atoms with Crippen molar-refractivity contribution < 1.29 is 32.3 Å². The van der Waals surface area contributed by atoms with Gasteiger partial charge in [0.2, 0.25) is 11.8 Å². The van der Waals surface area contributed by atoms with Crippen molar-refractivity contribution in [3.63, 3.8) is 0 Å². The highest BCUT2D eigenvalue weighted by atomic mass is 35.5. The van der Waals surface area contributed by atoms with Crippen LogP contribution in [0.2, 0.25) is 15.1 Å². The van der Waals surface area contributed by atoms with Gasteiger partial charge in [-0.05, 0) is 42.8 Å². The molecule has 14 heteroatoms. The van der Waals surface area contributed by atoms with Crippen LogP contribution < -0.4 is 20.7 Å². The quantitative estimate of drug-likeness (QED) is 0.225. The molecule has 1 aromatic heterocycles. The summed E-state index contributed by atoms with van der Waals surface area (Å²) in [6.45, 7) is 3.98. The van der Waals surface area contributed by atoms with Crippen LogP contribution in [0.5, 0.6) is 5.88 Å². The van der Waals surface area contributed by atoms with Gasteiger partial charge < -0.3 is 20.7 Å². The molecule has 210 valence electrons. The van der Waals surface area contributed by atoms with Gasteiger partial charge in [-0.1, -0.05) is 47.4 Å². The molecule has 3 aromatic rings. The average Bonchev–Trinajstić information content (AvgIpc) is 2.86. The Balaban J connectivity index is 1.90. The fourth-order valence-corrected chi connectivity index (χ4v) is 4.06. The molecule has 0 aliphatic heterocycles. The summed E-state index contributed by atoms with van der Waals surface area (Å²) >= 11 is 18.4. The number of halogens is 6. The summed E-state index contributed by atoms with van der Waals surface area (Å²) < 4.78 is 44.2. The van der Waals surface area contributed by atoms with E-state index in [4.69, 9.17) is 39.5 Å². The molecule has 2 aromatic carbocycles. The SMILES string of the molecule is C=C(C)C(=O)NCc1ccc(Cl)c(C(=O)Nc2cnc(OCC(F)F)c(C(=O)Nc3cc(F)cc(Cl)c3)c2)c1Cl. The zero-order valence-electron chi connectivity index (χ0n) is 20.6. The average molecular weight is 616 g/mol. The number of benzene rings is 2. The summed E-state index contributed by atoms with van der Waals surface area (Å²) in [7, 11) is 0. The summed E-state index contributed by atoms with van der Waals surface area (Å²) in [5, 5.41) is 7.39. The van der Waals surface area contributed by atoms with Crippen molar-refractivity contribution in [2.24, 2.45) is 0 Å². The number of carbonyl (C=O) groups excluding carboxylic acids is 3. The van der Waals surface area contributed by atoms with Crippen LogP contribution in [0.25, 0.3) is 0 Å². The predicted octanol–water partition coefficient (Wildman–Crippen LogP) is 6.52. The van der Waals surface area contributed by atoms with Crippen LogP contribution in [-0.2, 0) is 11.3 Å². The molecule has 3 rings (SSSR count). The first kappa shape index (κ1) is 30.7. The third kappa shape index (κ3) is 8.10. The summed E-state index contributed by atoms with van der Waals surface area (Å²) in [6, 6.07) is 7.31. The zero-order chi connectivity index (χ0) is 29.6. The second kappa shape index (κ2) is 13.5. The second-order valence-electron chi connectivity index (χ2n) is 8.20.